The highest BCUT2D eigenvalue weighted by Crippen LogP contribution is 2.57. The molecule has 2 bridgehead atoms. The number of methoxy groups -OCH3 is 1. The van der Waals surface area contributed by atoms with Gasteiger partial charge in [0.25, 0.3) is 0 Å². The molecule has 0 radical (unpaired) electrons. The number of anilines is 1. The number of ether oxygens (including phenoxy) is 1. The lowest BCUT2D eigenvalue weighted by molar-refractivity contribution is 0.0448. The largest absolute Gasteiger partial charge is 0.379 e. The zero-order valence-electron chi connectivity index (χ0n) is 10.5. The topological polar surface area (TPSA) is 49.1 Å². The van der Waals surface area contributed by atoms with Gasteiger partial charge in [-0.15, -0.1) is 0 Å². The van der Waals surface area contributed by atoms with Gasteiger partial charge < -0.3 is 9.64 Å². The van der Waals surface area contributed by atoms with Gasteiger partial charge in [0, 0.05) is 13.7 Å². The SMILES string of the molecule is COC1C2CC3CN(c4snc(Cl)c4C#N)C1C3C2. The summed E-state index contributed by atoms with van der Waals surface area (Å²) in [4.78, 5) is 2.35. The second-order valence-corrected chi connectivity index (χ2v) is 6.87. The lowest BCUT2D eigenvalue weighted by Gasteiger charge is -2.31. The first kappa shape index (κ1) is 12.0. The Kier molecular flexibility index (Phi) is 2.57. The Morgan fingerprint density at radius 1 is 1.47 bits per heavy atom. The average Bonchev–Trinajstić information content (AvgIpc) is 3.08. The summed E-state index contributed by atoms with van der Waals surface area (Å²) in [5, 5.41) is 10.5. The molecule has 6 heteroatoms. The Morgan fingerprint density at radius 2 is 2.32 bits per heavy atom. The van der Waals surface area contributed by atoms with Crippen molar-refractivity contribution in [2.75, 3.05) is 18.6 Å². The number of hydrogen-bond donors (Lipinski definition) is 0. The molecule has 1 aromatic heterocycles. The van der Waals surface area contributed by atoms with E-state index < -0.39 is 0 Å². The Balaban J connectivity index is 1.75. The number of hydrogen-bond acceptors (Lipinski definition) is 5. The molecule has 1 saturated heterocycles. The minimum atomic E-state index is 0.302. The van der Waals surface area contributed by atoms with Crippen molar-refractivity contribution in [1.82, 2.24) is 4.37 Å². The molecule has 0 spiro atoms. The third-order valence-electron chi connectivity index (χ3n) is 5.09. The van der Waals surface area contributed by atoms with Gasteiger partial charge in [-0.1, -0.05) is 11.6 Å². The van der Waals surface area contributed by atoms with Crippen molar-refractivity contribution in [1.29, 1.82) is 5.26 Å². The fourth-order valence-electron chi connectivity index (χ4n) is 4.51. The smallest absolute Gasteiger partial charge is 0.162 e. The molecular formula is C13H14ClN3OS. The number of aromatic nitrogens is 1. The lowest BCUT2D eigenvalue weighted by atomic mass is 9.88. The zero-order chi connectivity index (χ0) is 13.1. The molecule has 5 unspecified atom stereocenters. The standard InChI is InChI=1S/C13H14ClN3OS/c1-18-11-6-2-7-5-17(10(11)8(7)3-6)13-9(4-15)12(14)16-19-13/h6-8,10-11H,2-3,5H2,1H3. The van der Waals surface area contributed by atoms with Gasteiger partial charge in [-0.3, -0.25) is 0 Å². The van der Waals surface area contributed by atoms with Crippen molar-refractivity contribution in [2.45, 2.75) is 25.0 Å². The van der Waals surface area contributed by atoms with E-state index in [4.69, 9.17) is 16.3 Å². The van der Waals surface area contributed by atoms with Crippen LogP contribution in [0, 0.1) is 29.1 Å². The zero-order valence-corrected chi connectivity index (χ0v) is 12.1. The van der Waals surface area contributed by atoms with Crippen LogP contribution < -0.4 is 4.90 Å². The van der Waals surface area contributed by atoms with Crippen LogP contribution in [0.5, 0.6) is 0 Å². The van der Waals surface area contributed by atoms with Crippen molar-refractivity contribution in [3.63, 3.8) is 0 Å². The average molecular weight is 296 g/mol. The van der Waals surface area contributed by atoms with Crippen LogP contribution >= 0.6 is 23.1 Å². The summed E-state index contributed by atoms with van der Waals surface area (Å²) in [5.74, 6) is 2.18. The highest BCUT2D eigenvalue weighted by molar-refractivity contribution is 7.10. The van der Waals surface area contributed by atoms with E-state index in [0.29, 0.717) is 28.8 Å². The second-order valence-electron chi connectivity index (χ2n) is 5.76. The lowest BCUT2D eigenvalue weighted by Crippen LogP contribution is -2.41. The first-order valence-electron chi connectivity index (χ1n) is 6.59. The summed E-state index contributed by atoms with van der Waals surface area (Å²) in [6.45, 7) is 1.03. The van der Waals surface area contributed by atoms with Gasteiger partial charge in [0.1, 0.15) is 16.6 Å². The van der Waals surface area contributed by atoms with E-state index in [1.54, 1.807) is 0 Å². The van der Waals surface area contributed by atoms with Gasteiger partial charge in [0.2, 0.25) is 0 Å². The third-order valence-corrected chi connectivity index (χ3v) is 6.35. The molecule has 2 saturated carbocycles. The number of fused-ring (bicyclic) bond motifs is 1. The minimum Gasteiger partial charge on any atom is -0.379 e. The van der Waals surface area contributed by atoms with Crippen LogP contribution in [0.25, 0.3) is 0 Å². The van der Waals surface area contributed by atoms with Crippen molar-refractivity contribution < 1.29 is 4.74 Å². The molecule has 0 N–H and O–H groups in total. The van der Waals surface area contributed by atoms with Gasteiger partial charge in [-0.2, -0.15) is 9.64 Å². The first-order chi connectivity index (χ1) is 9.24. The Labute approximate surface area is 121 Å². The minimum absolute atomic E-state index is 0.302. The summed E-state index contributed by atoms with van der Waals surface area (Å²) in [6.07, 6.45) is 2.85. The summed E-state index contributed by atoms with van der Waals surface area (Å²) in [7, 11) is 1.81. The maximum absolute atomic E-state index is 9.26. The fraction of sp³-hybridized carbons (Fsp3) is 0.692. The molecule has 1 aliphatic heterocycles. The summed E-state index contributed by atoms with van der Waals surface area (Å²) in [5.41, 5.74) is 0.534. The Hall–Kier alpha value is -0.830. The van der Waals surface area contributed by atoms with E-state index in [1.807, 2.05) is 7.11 Å². The van der Waals surface area contributed by atoms with Crippen LogP contribution in [0.4, 0.5) is 5.00 Å². The maximum Gasteiger partial charge on any atom is 0.162 e. The molecule has 0 amide bonds. The van der Waals surface area contributed by atoms with Crippen LogP contribution in [-0.2, 0) is 4.74 Å². The van der Waals surface area contributed by atoms with Crippen LogP contribution in [0.15, 0.2) is 0 Å². The van der Waals surface area contributed by atoms with Gasteiger partial charge >= 0.3 is 0 Å². The van der Waals surface area contributed by atoms with Crippen LogP contribution in [0.2, 0.25) is 5.15 Å². The van der Waals surface area contributed by atoms with Crippen LogP contribution in [0.1, 0.15) is 18.4 Å². The van der Waals surface area contributed by atoms with Crippen molar-refractivity contribution in [3.05, 3.63) is 10.7 Å². The molecule has 3 aliphatic rings. The van der Waals surface area contributed by atoms with Crippen molar-refractivity contribution in [2.24, 2.45) is 17.8 Å². The Morgan fingerprint density at radius 3 is 3.05 bits per heavy atom. The summed E-state index contributed by atoms with van der Waals surface area (Å²) in [6, 6.07) is 2.61. The monoisotopic (exact) mass is 295 g/mol. The van der Waals surface area contributed by atoms with Gasteiger partial charge in [0.15, 0.2) is 5.15 Å². The maximum atomic E-state index is 9.26. The molecular weight excluding hydrogens is 282 g/mol. The fourth-order valence-corrected chi connectivity index (χ4v) is 5.59. The number of rotatable bonds is 2. The van der Waals surface area contributed by atoms with Crippen molar-refractivity contribution >= 4 is 28.1 Å². The predicted octanol–water partition coefficient (Wildman–Crippen LogP) is 2.53. The predicted molar refractivity (Wildman–Crippen MR) is 73.5 cm³/mol. The van der Waals surface area contributed by atoms with Gasteiger partial charge in [-0.05, 0) is 42.1 Å². The molecule has 19 heavy (non-hydrogen) atoms. The number of halogens is 1. The molecule has 4 rings (SSSR count). The van der Waals surface area contributed by atoms with Crippen molar-refractivity contribution in [3.8, 4) is 6.07 Å². The molecule has 2 aliphatic carbocycles. The normalized spacial score (nSPS) is 39.0. The Bertz CT molecular complexity index is 567. The summed E-state index contributed by atoms with van der Waals surface area (Å²) >= 11 is 7.35. The molecule has 1 aromatic rings. The van der Waals surface area contributed by atoms with Gasteiger partial charge in [-0.25, -0.2) is 0 Å². The molecule has 4 nitrogen and oxygen atoms in total. The second kappa shape index (κ2) is 4.08. The highest BCUT2D eigenvalue weighted by Gasteiger charge is 2.60. The van der Waals surface area contributed by atoms with E-state index >= 15 is 0 Å². The number of nitriles is 1. The summed E-state index contributed by atoms with van der Waals surface area (Å²) < 4.78 is 9.87. The third kappa shape index (κ3) is 1.45. The number of nitrogens with zero attached hydrogens (tertiary/aromatic N) is 3. The van der Waals surface area contributed by atoms with Crippen LogP contribution in [-0.4, -0.2) is 30.2 Å². The molecule has 2 heterocycles. The quantitative estimate of drug-likeness (QED) is 0.841. The molecule has 100 valence electrons. The van der Waals surface area contributed by atoms with E-state index in [9.17, 15) is 5.26 Å². The van der Waals surface area contributed by atoms with E-state index in [1.165, 1.54) is 24.4 Å². The molecule has 3 fully saturated rings. The molecule has 5 atom stereocenters. The van der Waals surface area contributed by atoms with Crippen LogP contribution in [0.3, 0.4) is 0 Å². The van der Waals surface area contributed by atoms with Gasteiger partial charge in [0.05, 0.1) is 12.1 Å². The van der Waals surface area contributed by atoms with E-state index in [0.717, 1.165) is 23.4 Å². The van der Waals surface area contributed by atoms with E-state index in [-0.39, 0.29) is 0 Å². The van der Waals surface area contributed by atoms with E-state index in [2.05, 4.69) is 15.3 Å². The molecule has 0 aromatic carbocycles. The highest BCUT2D eigenvalue weighted by atomic mass is 35.5. The first-order valence-corrected chi connectivity index (χ1v) is 7.74.